The fraction of sp³-hybridized carbons (Fsp3) is 0.462. The van der Waals surface area contributed by atoms with Crippen LogP contribution in [0.2, 0.25) is 5.02 Å². The van der Waals surface area contributed by atoms with Crippen LogP contribution >= 0.6 is 11.6 Å². The molecule has 1 aromatic carbocycles. The van der Waals surface area contributed by atoms with Crippen LogP contribution in [0.1, 0.15) is 20.8 Å². The molecule has 0 aliphatic heterocycles. The number of hydrogen-bond acceptors (Lipinski definition) is 3. The van der Waals surface area contributed by atoms with Crippen LogP contribution in [0.4, 0.5) is 4.39 Å². The van der Waals surface area contributed by atoms with Gasteiger partial charge >= 0.3 is 0 Å². The lowest BCUT2D eigenvalue weighted by Gasteiger charge is -2.21. The van der Waals surface area contributed by atoms with Crippen molar-refractivity contribution in [3.8, 4) is 0 Å². The third-order valence-corrected chi connectivity index (χ3v) is 4.82. The molecule has 0 radical (unpaired) electrons. The van der Waals surface area contributed by atoms with Gasteiger partial charge in [0.25, 0.3) is 0 Å². The Bertz CT molecular complexity index is 620. The number of benzene rings is 1. The zero-order valence-corrected chi connectivity index (χ0v) is 13.6. The van der Waals surface area contributed by atoms with Gasteiger partial charge in [0.1, 0.15) is 10.7 Å². The highest BCUT2D eigenvalue weighted by molar-refractivity contribution is 7.89. The fourth-order valence-corrected chi connectivity index (χ4v) is 3.33. The Morgan fingerprint density at radius 2 is 2.05 bits per heavy atom. The minimum absolute atomic E-state index is 0.0515. The second-order valence-corrected chi connectivity index (χ2v) is 7.07. The van der Waals surface area contributed by atoms with Crippen molar-refractivity contribution < 1.29 is 17.6 Å². The van der Waals surface area contributed by atoms with Crippen LogP contribution in [0.3, 0.4) is 0 Å². The molecule has 21 heavy (non-hydrogen) atoms. The van der Waals surface area contributed by atoms with Gasteiger partial charge in [-0.2, -0.15) is 4.31 Å². The number of carbonyl (C=O) groups excluding carboxylic acids is 1. The summed E-state index contributed by atoms with van der Waals surface area (Å²) in [5, 5.41) is 2.70. The van der Waals surface area contributed by atoms with E-state index in [2.05, 4.69) is 5.32 Å². The van der Waals surface area contributed by atoms with Gasteiger partial charge in [-0.1, -0.05) is 18.5 Å². The lowest BCUT2D eigenvalue weighted by Crippen LogP contribution is -2.42. The SMILES string of the molecule is CCN(CC(=O)NC(C)C)S(=O)(=O)c1ccc(Cl)cc1F. The minimum Gasteiger partial charge on any atom is -0.353 e. The molecule has 1 rings (SSSR count). The highest BCUT2D eigenvalue weighted by atomic mass is 35.5. The van der Waals surface area contributed by atoms with Crippen molar-refractivity contribution >= 4 is 27.5 Å². The maximum Gasteiger partial charge on any atom is 0.246 e. The van der Waals surface area contributed by atoms with Gasteiger partial charge in [0, 0.05) is 17.6 Å². The molecule has 0 aliphatic rings. The van der Waals surface area contributed by atoms with E-state index in [0.29, 0.717) is 0 Å². The first kappa shape index (κ1) is 17.9. The van der Waals surface area contributed by atoms with Crippen molar-refractivity contribution in [2.24, 2.45) is 0 Å². The molecule has 0 bridgehead atoms. The first-order valence-corrected chi connectivity index (χ1v) is 8.24. The summed E-state index contributed by atoms with van der Waals surface area (Å²) in [5.41, 5.74) is 0. The summed E-state index contributed by atoms with van der Waals surface area (Å²) in [6.07, 6.45) is 0. The largest absolute Gasteiger partial charge is 0.353 e. The summed E-state index contributed by atoms with van der Waals surface area (Å²) >= 11 is 5.61. The number of hydrogen-bond donors (Lipinski definition) is 1. The van der Waals surface area contributed by atoms with Crippen molar-refractivity contribution in [1.82, 2.24) is 9.62 Å². The number of amides is 1. The number of rotatable bonds is 6. The van der Waals surface area contributed by atoms with E-state index in [4.69, 9.17) is 11.6 Å². The van der Waals surface area contributed by atoms with Crippen molar-refractivity contribution in [1.29, 1.82) is 0 Å². The number of carbonyl (C=O) groups is 1. The molecule has 5 nitrogen and oxygen atoms in total. The van der Waals surface area contributed by atoms with E-state index in [9.17, 15) is 17.6 Å². The minimum atomic E-state index is -4.09. The first-order valence-electron chi connectivity index (χ1n) is 6.43. The Kier molecular flexibility index (Phi) is 6.12. The van der Waals surface area contributed by atoms with Crippen molar-refractivity contribution in [3.05, 3.63) is 29.0 Å². The van der Waals surface area contributed by atoms with Gasteiger partial charge < -0.3 is 5.32 Å². The van der Waals surface area contributed by atoms with Crippen LogP contribution in [0.5, 0.6) is 0 Å². The average Bonchev–Trinajstić information content (AvgIpc) is 2.34. The predicted molar refractivity (Wildman–Crippen MR) is 79.1 cm³/mol. The van der Waals surface area contributed by atoms with Gasteiger partial charge in [-0.25, -0.2) is 12.8 Å². The number of halogens is 2. The molecule has 1 N–H and O–H groups in total. The molecule has 8 heteroatoms. The molecule has 0 aliphatic carbocycles. The first-order chi connectivity index (χ1) is 9.68. The molecule has 0 saturated heterocycles. The molecule has 0 fully saturated rings. The lowest BCUT2D eigenvalue weighted by atomic mass is 10.3. The Morgan fingerprint density at radius 1 is 1.43 bits per heavy atom. The Hall–Kier alpha value is -1.18. The highest BCUT2D eigenvalue weighted by Gasteiger charge is 2.28. The van der Waals surface area contributed by atoms with Gasteiger partial charge in [0.15, 0.2) is 0 Å². The second-order valence-electron chi connectivity index (χ2n) is 4.73. The molecular weight excluding hydrogens is 319 g/mol. The van der Waals surface area contributed by atoms with E-state index in [1.54, 1.807) is 20.8 Å². The van der Waals surface area contributed by atoms with Crippen LogP contribution in [0.25, 0.3) is 0 Å². The molecule has 1 amide bonds. The lowest BCUT2D eigenvalue weighted by molar-refractivity contribution is -0.121. The molecule has 0 unspecified atom stereocenters. The van der Waals surface area contributed by atoms with Gasteiger partial charge in [0.05, 0.1) is 6.54 Å². The van der Waals surface area contributed by atoms with E-state index in [-0.39, 0.29) is 24.2 Å². The summed E-state index contributed by atoms with van der Waals surface area (Å²) < 4.78 is 39.5. The van der Waals surface area contributed by atoms with Gasteiger partial charge in [-0.05, 0) is 32.0 Å². The van der Waals surface area contributed by atoms with E-state index < -0.39 is 26.6 Å². The summed E-state index contributed by atoms with van der Waals surface area (Å²) in [7, 11) is -4.09. The third kappa shape index (κ3) is 4.66. The average molecular weight is 337 g/mol. The Labute approximate surface area is 129 Å². The number of sulfonamides is 1. The second kappa shape index (κ2) is 7.20. The predicted octanol–water partition coefficient (Wildman–Crippen LogP) is 2.01. The quantitative estimate of drug-likeness (QED) is 0.864. The summed E-state index contributed by atoms with van der Waals surface area (Å²) in [4.78, 5) is 11.2. The zero-order valence-electron chi connectivity index (χ0n) is 12.1. The standard InChI is InChI=1S/C13H18ClFN2O3S/c1-4-17(8-13(18)16-9(2)3)21(19,20)12-6-5-10(14)7-11(12)15/h5-7,9H,4,8H2,1-3H3,(H,16,18). The molecular formula is C13H18ClFN2O3S. The summed E-state index contributed by atoms with van der Waals surface area (Å²) in [6.45, 7) is 4.80. The number of nitrogens with one attached hydrogen (secondary N) is 1. The van der Waals surface area contributed by atoms with E-state index in [1.165, 1.54) is 6.07 Å². The molecule has 1 aromatic rings. The van der Waals surface area contributed by atoms with Crippen LogP contribution in [-0.4, -0.2) is 37.8 Å². The van der Waals surface area contributed by atoms with Gasteiger partial charge in [-0.15, -0.1) is 0 Å². The van der Waals surface area contributed by atoms with Crippen LogP contribution in [-0.2, 0) is 14.8 Å². The van der Waals surface area contributed by atoms with Crippen LogP contribution in [0.15, 0.2) is 23.1 Å². The summed E-state index contributed by atoms with van der Waals surface area (Å²) in [5.74, 6) is -1.38. The Balaban J connectivity index is 3.05. The van der Waals surface area contributed by atoms with Gasteiger partial charge in [-0.3, -0.25) is 4.79 Å². The zero-order chi connectivity index (χ0) is 16.2. The van der Waals surface area contributed by atoms with E-state index in [0.717, 1.165) is 16.4 Å². The maximum absolute atomic E-state index is 13.8. The van der Waals surface area contributed by atoms with E-state index >= 15 is 0 Å². The fourth-order valence-electron chi connectivity index (χ4n) is 1.72. The van der Waals surface area contributed by atoms with Crippen LogP contribution < -0.4 is 5.32 Å². The van der Waals surface area contributed by atoms with Crippen molar-refractivity contribution in [2.75, 3.05) is 13.1 Å². The molecule has 0 aromatic heterocycles. The highest BCUT2D eigenvalue weighted by Crippen LogP contribution is 2.22. The molecule has 0 spiro atoms. The molecule has 0 saturated carbocycles. The van der Waals surface area contributed by atoms with Gasteiger partial charge in [0.2, 0.25) is 15.9 Å². The summed E-state index contributed by atoms with van der Waals surface area (Å²) in [6, 6.07) is 3.21. The molecule has 0 atom stereocenters. The topological polar surface area (TPSA) is 66.5 Å². The Morgan fingerprint density at radius 3 is 2.52 bits per heavy atom. The molecule has 118 valence electrons. The molecule has 0 heterocycles. The third-order valence-electron chi connectivity index (χ3n) is 2.63. The normalized spacial score (nSPS) is 12.0. The smallest absolute Gasteiger partial charge is 0.246 e. The van der Waals surface area contributed by atoms with Crippen molar-refractivity contribution in [2.45, 2.75) is 31.7 Å². The van der Waals surface area contributed by atoms with E-state index in [1.807, 2.05) is 0 Å². The number of likely N-dealkylation sites (N-methyl/N-ethyl adjacent to an activating group) is 1. The van der Waals surface area contributed by atoms with Crippen LogP contribution in [0, 0.1) is 5.82 Å². The van der Waals surface area contributed by atoms with Crippen molar-refractivity contribution in [3.63, 3.8) is 0 Å². The monoisotopic (exact) mass is 336 g/mol. The number of nitrogens with zero attached hydrogens (tertiary/aromatic N) is 1. The maximum atomic E-state index is 13.8.